The van der Waals surface area contributed by atoms with E-state index in [0.29, 0.717) is 13.3 Å². The molecule has 1 fully saturated rings. The standard InChI is InChI=1S/C12H17NO2/c14-12-6-7-13(8-12)10-15-9-11-4-2-1-3-5-11/h1-5,12,14H,6-10H2. The van der Waals surface area contributed by atoms with E-state index < -0.39 is 0 Å². The van der Waals surface area contributed by atoms with Gasteiger partial charge in [0.1, 0.15) is 0 Å². The van der Waals surface area contributed by atoms with Crippen molar-refractivity contribution >= 4 is 0 Å². The maximum absolute atomic E-state index is 9.32. The molecular weight excluding hydrogens is 190 g/mol. The van der Waals surface area contributed by atoms with Gasteiger partial charge in [-0.2, -0.15) is 0 Å². The molecule has 0 saturated carbocycles. The van der Waals surface area contributed by atoms with Crippen LogP contribution in [0.25, 0.3) is 0 Å². The molecule has 0 aromatic heterocycles. The highest BCUT2D eigenvalue weighted by Gasteiger charge is 2.19. The minimum absolute atomic E-state index is 0.162. The second-order valence-corrected chi connectivity index (χ2v) is 3.98. The van der Waals surface area contributed by atoms with E-state index in [4.69, 9.17) is 4.74 Å². The Kier molecular flexibility index (Phi) is 3.72. The number of hydrogen-bond acceptors (Lipinski definition) is 3. The molecule has 1 aromatic carbocycles. The molecule has 1 saturated heterocycles. The van der Waals surface area contributed by atoms with E-state index in [1.54, 1.807) is 0 Å². The van der Waals surface area contributed by atoms with E-state index in [-0.39, 0.29) is 6.10 Å². The number of nitrogens with zero attached hydrogens (tertiary/aromatic N) is 1. The molecule has 1 N–H and O–H groups in total. The molecule has 2 rings (SSSR count). The Labute approximate surface area is 90.3 Å². The van der Waals surface area contributed by atoms with Gasteiger partial charge in [-0.1, -0.05) is 30.3 Å². The van der Waals surface area contributed by atoms with Gasteiger partial charge in [0.25, 0.3) is 0 Å². The van der Waals surface area contributed by atoms with Gasteiger partial charge in [0.2, 0.25) is 0 Å². The summed E-state index contributed by atoms with van der Waals surface area (Å²) in [7, 11) is 0. The lowest BCUT2D eigenvalue weighted by Crippen LogP contribution is -2.24. The van der Waals surface area contributed by atoms with Gasteiger partial charge in [-0.15, -0.1) is 0 Å². The normalized spacial score (nSPS) is 22.1. The van der Waals surface area contributed by atoms with E-state index in [9.17, 15) is 5.11 Å². The van der Waals surface area contributed by atoms with Crippen LogP contribution in [-0.2, 0) is 11.3 Å². The van der Waals surface area contributed by atoms with Crippen LogP contribution >= 0.6 is 0 Å². The minimum Gasteiger partial charge on any atom is -0.392 e. The summed E-state index contributed by atoms with van der Waals surface area (Å²) in [6, 6.07) is 10.1. The molecule has 0 aliphatic carbocycles. The van der Waals surface area contributed by atoms with Gasteiger partial charge >= 0.3 is 0 Å². The molecule has 82 valence electrons. The SMILES string of the molecule is OC1CCN(COCc2ccccc2)C1. The van der Waals surface area contributed by atoms with Crippen LogP contribution in [0.2, 0.25) is 0 Å². The molecule has 0 bridgehead atoms. The van der Waals surface area contributed by atoms with Crippen LogP contribution in [0.3, 0.4) is 0 Å². The Balaban J connectivity index is 1.67. The van der Waals surface area contributed by atoms with Crippen molar-refractivity contribution in [3.8, 4) is 0 Å². The van der Waals surface area contributed by atoms with E-state index in [1.807, 2.05) is 18.2 Å². The van der Waals surface area contributed by atoms with Crippen LogP contribution in [0.15, 0.2) is 30.3 Å². The lowest BCUT2D eigenvalue weighted by molar-refractivity contribution is 0.0246. The number of likely N-dealkylation sites (tertiary alicyclic amines) is 1. The Morgan fingerprint density at radius 1 is 1.33 bits per heavy atom. The van der Waals surface area contributed by atoms with Gasteiger partial charge in [-0.05, 0) is 12.0 Å². The van der Waals surface area contributed by atoms with Crippen molar-refractivity contribution in [2.24, 2.45) is 0 Å². The summed E-state index contributed by atoms with van der Waals surface area (Å²) in [4.78, 5) is 2.13. The number of benzene rings is 1. The molecule has 3 nitrogen and oxygen atoms in total. The Bertz CT molecular complexity index is 289. The van der Waals surface area contributed by atoms with Gasteiger partial charge in [0.15, 0.2) is 0 Å². The second-order valence-electron chi connectivity index (χ2n) is 3.98. The predicted octanol–water partition coefficient (Wildman–Crippen LogP) is 1.23. The third kappa shape index (κ3) is 3.30. The average molecular weight is 207 g/mol. The fourth-order valence-electron chi connectivity index (χ4n) is 1.80. The summed E-state index contributed by atoms with van der Waals surface area (Å²) >= 11 is 0. The van der Waals surface area contributed by atoms with Crippen molar-refractivity contribution < 1.29 is 9.84 Å². The number of rotatable bonds is 4. The van der Waals surface area contributed by atoms with Crippen LogP contribution in [0.4, 0.5) is 0 Å². The number of aliphatic hydroxyl groups excluding tert-OH is 1. The maximum Gasteiger partial charge on any atom is 0.0995 e. The molecule has 1 atom stereocenters. The second kappa shape index (κ2) is 5.26. The first-order valence-electron chi connectivity index (χ1n) is 5.36. The van der Waals surface area contributed by atoms with Crippen LogP contribution in [0, 0.1) is 0 Å². The van der Waals surface area contributed by atoms with E-state index in [1.165, 1.54) is 5.56 Å². The van der Waals surface area contributed by atoms with Crippen molar-refractivity contribution in [1.82, 2.24) is 4.90 Å². The van der Waals surface area contributed by atoms with Crippen molar-refractivity contribution in [3.05, 3.63) is 35.9 Å². The smallest absolute Gasteiger partial charge is 0.0995 e. The van der Waals surface area contributed by atoms with E-state index in [0.717, 1.165) is 19.5 Å². The highest BCUT2D eigenvalue weighted by atomic mass is 16.5. The molecule has 1 aliphatic heterocycles. The quantitative estimate of drug-likeness (QED) is 0.806. The molecule has 0 amide bonds. The summed E-state index contributed by atoms with van der Waals surface area (Å²) in [6.45, 7) is 2.95. The van der Waals surface area contributed by atoms with Crippen LogP contribution in [0.5, 0.6) is 0 Å². The largest absolute Gasteiger partial charge is 0.392 e. The van der Waals surface area contributed by atoms with E-state index in [2.05, 4.69) is 17.0 Å². The van der Waals surface area contributed by atoms with Crippen molar-refractivity contribution in [3.63, 3.8) is 0 Å². The zero-order valence-corrected chi connectivity index (χ0v) is 8.80. The number of β-amino-alcohol motifs (C(OH)–C–C–N with tert-alkyl or cyclic N) is 1. The highest BCUT2D eigenvalue weighted by Crippen LogP contribution is 2.09. The Hall–Kier alpha value is -0.900. The zero-order chi connectivity index (χ0) is 10.5. The first-order valence-corrected chi connectivity index (χ1v) is 5.36. The lowest BCUT2D eigenvalue weighted by atomic mass is 10.2. The molecule has 15 heavy (non-hydrogen) atoms. The summed E-state index contributed by atoms with van der Waals surface area (Å²) in [5.41, 5.74) is 1.19. The molecule has 0 spiro atoms. The van der Waals surface area contributed by atoms with Crippen LogP contribution < -0.4 is 0 Å². The summed E-state index contributed by atoms with van der Waals surface area (Å²) in [5, 5.41) is 9.32. The molecule has 1 heterocycles. The summed E-state index contributed by atoms with van der Waals surface area (Å²) < 4.78 is 5.57. The third-order valence-electron chi connectivity index (χ3n) is 2.63. The van der Waals surface area contributed by atoms with Gasteiger partial charge < -0.3 is 9.84 Å². The molecule has 1 unspecified atom stereocenters. The fourth-order valence-corrected chi connectivity index (χ4v) is 1.80. The number of aliphatic hydroxyl groups is 1. The van der Waals surface area contributed by atoms with E-state index >= 15 is 0 Å². The predicted molar refractivity (Wildman–Crippen MR) is 58.3 cm³/mol. The highest BCUT2D eigenvalue weighted by molar-refractivity contribution is 5.13. The first kappa shape index (κ1) is 10.6. The summed E-state index contributed by atoms with van der Waals surface area (Å²) in [6.07, 6.45) is 0.708. The number of ether oxygens (including phenoxy) is 1. The van der Waals surface area contributed by atoms with Crippen LogP contribution in [0.1, 0.15) is 12.0 Å². The molecule has 1 aliphatic rings. The maximum atomic E-state index is 9.32. The van der Waals surface area contributed by atoms with Gasteiger partial charge in [0.05, 0.1) is 19.4 Å². The number of hydrogen-bond donors (Lipinski definition) is 1. The van der Waals surface area contributed by atoms with Crippen molar-refractivity contribution in [2.75, 3.05) is 19.8 Å². The lowest BCUT2D eigenvalue weighted by Gasteiger charge is -2.14. The zero-order valence-electron chi connectivity index (χ0n) is 8.80. The minimum atomic E-state index is -0.162. The molecule has 0 radical (unpaired) electrons. The van der Waals surface area contributed by atoms with Crippen LogP contribution in [-0.4, -0.2) is 35.9 Å². The van der Waals surface area contributed by atoms with Gasteiger partial charge in [-0.25, -0.2) is 0 Å². The average Bonchev–Trinajstić information content (AvgIpc) is 2.66. The van der Waals surface area contributed by atoms with Gasteiger partial charge in [0, 0.05) is 13.1 Å². The third-order valence-corrected chi connectivity index (χ3v) is 2.63. The van der Waals surface area contributed by atoms with Gasteiger partial charge in [-0.3, -0.25) is 4.90 Å². The van der Waals surface area contributed by atoms with Crippen molar-refractivity contribution in [2.45, 2.75) is 19.1 Å². The van der Waals surface area contributed by atoms with Crippen molar-refractivity contribution in [1.29, 1.82) is 0 Å². The monoisotopic (exact) mass is 207 g/mol. The molecule has 3 heteroatoms. The topological polar surface area (TPSA) is 32.7 Å². The molecule has 1 aromatic rings. The summed E-state index contributed by atoms with van der Waals surface area (Å²) in [5.74, 6) is 0. The Morgan fingerprint density at radius 3 is 2.80 bits per heavy atom. The Morgan fingerprint density at radius 2 is 2.13 bits per heavy atom. The molecular formula is C12H17NO2. The fraction of sp³-hybridized carbons (Fsp3) is 0.500. The first-order chi connectivity index (χ1) is 7.34.